The van der Waals surface area contributed by atoms with E-state index in [2.05, 4.69) is 10.3 Å². The lowest BCUT2D eigenvalue weighted by atomic mass is 10.2. The highest BCUT2D eigenvalue weighted by molar-refractivity contribution is 5.80. The minimum Gasteiger partial charge on any atom is -0.357 e. The number of hydrogen-bond acceptors (Lipinski definition) is 2. The summed E-state index contributed by atoms with van der Waals surface area (Å²) in [6.45, 7) is 3.19. The largest absolute Gasteiger partial charge is 0.357 e. The van der Waals surface area contributed by atoms with Crippen LogP contribution in [0.3, 0.4) is 0 Å². The van der Waals surface area contributed by atoms with Crippen molar-refractivity contribution in [1.29, 1.82) is 0 Å². The second-order valence-electron chi connectivity index (χ2n) is 5.99. The van der Waals surface area contributed by atoms with Crippen LogP contribution in [0.1, 0.15) is 12.6 Å². The van der Waals surface area contributed by atoms with Gasteiger partial charge in [0, 0.05) is 36.2 Å². The summed E-state index contributed by atoms with van der Waals surface area (Å²) >= 11 is 0. The summed E-state index contributed by atoms with van der Waals surface area (Å²) in [4.78, 5) is 19.0. The Hall–Kier alpha value is -2.08. The number of rotatable bonds is 5. The molecule has 0 radical (unpaired) electrons. The van der Waals surface area contributed by atoms with E-state index in [1.165, 1.54) is 12.1 Å². The van der Waals surface area contributed by atoms with Gasteiger partial charge in [-0.15, -0.1) is 0 Å². The molecule has 1 aromatic carbocycles. The first-order valence-corrected chi connectivity index (χ1v) is 7.28. The Labute approximate surface area is 130 Å². The molecule has 0 saturated carbocycles. The van der Waals surface area contributed by atoms with E-state index in [9.17, 15) is 9.18 Å². The highest BCUT2D eigenvalue weighted by Gasteiger charge is 2.13. The number of H-pyrrole nitrogens is 1. The summed E-state index contributed by atoms with van der Waals surface area (Å²) in [5.74, 6) is -0.262. The number of aromatic amines is 1. The average molecular weight is 306 g/mol. The monoisotopic (exact) mass is 306 g/mol. The van der Waals surface area contributed by atoms with Gasteiger partial charge in [0.1, 0.15) is 5.82 Å². The van der Waals surface area contributed by atoms with E-state index in [0.29, 0.717) is 6.54 Å². The molecule has 2 N–H and O–H groups in total. The minimum absolute atomic E-state index is 0.0711. The van der Waals surface area contributed by atoms with Crippen molar-refractivity contribution in [3.05, 3.63) is 35.8 Å². The molecule has 22 heavy (non-hydrogen) atoms. The first-order valence-electron chi connectivity index (χ1n) is 7.28. The molecule has 2 rings (SSSR count). The second-order valence-corrected chi connectivity index (χ2v) is 5.99. The number of nitrogens with zero attached hydrogens (tertiary/aromatic N) is 2. The Kier molecular flexibility index (Phi) is 5.03. The third kappa shape index (κ3) is 4.21. The number of likely N-dealkylation sites (N-methyl/N-ethyl adjacent to an activating group) is 1. The second kappa shape index (κ2) is 6.79. The maximum atomic E-state index is 13.2. The molecule has 0 unspecified atom stereocenters. The van der Waals surface area contributed by atoms with Gasteiger partial charge in [0.2, 0.25) is 0 Å². The van der Waals surface area contributed by atoms with Crippen LogP contribution < -0.4 is 5.32 Å². The molecule has 0 spiro atoms. The first-order chi connectivity index (χ1) is 10.3. The lowest BCUT2D eigenvalue weighted by molar-refractivity contribution is 0.200. The Morgan fingerprint density at radius 3 is 2.73 bits per heavy atom. The smallest absolute Gasteiger partial charge is 0.317 e. The molecule has 120 valence electrons. The molecule has 0 fully saturated rings. The highest BCUT2D eigenvalue weighted by Crippen LogP contribution is 2.17. The number of aromatic nitrogens is 1. The summed E-state index contributed by atoms with van der Waals surface area (Å²) in [5.41, 5.74) is 1.74. The number of fused-ring (bicyclic) bond motifs is 1. The summed E-state index contributed by atoms with van der Waals surface area (Å²) in [6.07, 6.45) is 0. The van der Waals surface area contributed by atoms with Crippen molar-refractivity contribution in [2.75, 3.05) is 27.7 Å². The molecule has 0 saturated heterocycles. The van der Waals surface area contributed by atoms with Crippen LogP contribution in [0.2, 0.25) is 0 Å². The molecule has 6 heteroatoms. The molecule has 0 aliphatic carbocycles. The topological polar surface area (TPSA) is 51.4 Å². The van der Waals surface area contributed by atoms with Crippen LogP contribution in [0.4, 0.5) is 9.18 Å². The number of benzene rings is 1. The lowest BCUT2D eigenvalue weighted by Crippen LogP contribution is -2.45. The number of carbonyl (C=O) groups excluding carboxylic acids is 1. The van der Waals surface area contributed by atoms with Crippen molar-refractivity contribution in [1.82, 2.24) is 20.1 Å². The van der Waals surface area contributed by atoms with Crippen molar-refractivity contribution in [3.8, 4) is 0 Å². The van der Waals surface area contributed by atoms with Gasteiger partial charge in [0.15, 0.2) is 0 Å². The van der Waals surface area contributed by atoms with Crippen LogP contribution in [0.15, 0.2) is 24.3 Å². The molecular weight excluding hydrogens is 283 g/mol. The Morgan fingerprint density at radius 2 is 2.05 bits per heavy atom. The van der Waals surface area contributed by atoms with E-state index in [1.54, 1.807) is 18.0 Å². The van der Waals surface area contributed by atoms with E-state index in [-0.39, 0.29) is 17.9 Å². The van der Waals surface area contributed by atoms with Gasteiger partial charge in [0.25, 0.3) is 0 Å². The number of nitrogens with one attached hydrogen (secondary N) is 2. The molecule has 2 amide bonds. The van der Waals surface area contributed by atoms with Gasteiger partial charge in [-0.1, -0.05) is 0 Å². The number of urea groups is 1. The van der Waals surface area contributed by atoms with Gasteiger partial charge in [-0.05, 0) is 45.3 Å². The average Bonchev–Trinajstić information content (AvgIpc) is 2.78. The van der Waals surface area contributed by atoms with Gasteiger partial charge >= 0.3 is 6.03 Å². The highest BCUT2D eigenvalue weighted by atomic mass is 19.1. The van der Waals surface area contributed by atoms with Crippen LogP contribution in [-0.4, -0.2) is 54.5 Å². The van der Waals surface area contributed by atoms with E-state index < -0.39 is 0 Å². The quantitative estimate of drug-likeness (QED) is 0.891. The predicted molar refractivity (Wildman–Crippen MR) is 86.3 cm³/mol. The van der Waals surface area contributed by atoms with Crippen LogP contribution in [0.25, 0.3) is 10.9 Å². The normalized spacial score (nSPS) is 12.6. The lowest BCUT2D eigenvalue weighted by Gasteiger charge is -2.23. The zero-order valence-corrected chi connectivity index (χ0v) is 13.5. The fourth-order valence-corrected chi connectivity index (χ4v) is 2.49. The van der Waals surface area contributed by atoms with Gasteiger partial charge in [0.05, 0.1) is 6.54 Å². The Morgan fingerprint density at radius 1 is 1.32 bits per heavy atom. The number of carbonyl (C=O) groups is 1. The van der Waals surface area contributed by atoms with Crippen LogP contribution in [0, 0.1) is 5.82 Å². The van der Waals surface area contributed by atoms with E-state index in [1.807, 2.05) is 32.0 Å². The molecule has 2 aromatic rings. The molecule has 1 heterocycles. The fourth-order valence-electron chi connectivity index (χ4n) is 2.49. The van der Waals surface area contributed by atoms with Crippen molar-refractivity contribution in [2.45, 2.75) is 19.5 Å². The van der Waals surface area contributed by atoms with Crippen LogP contribution >= 0.6 is 0 Å². The molecule has 1 atom stereocenters. The van der Waals surface area contributed by atoms with Gasteiger partial charge in [-0.2, -0.15) is 0 Å². The van der Waals surface area contributed by atoms with E-state index in [0.717, 1.165) is 23.1 Å². The van der Waals surface area contributed by atoms with Crippen molar-refractivity contribution < 1.29 is 9.18 Å². The fraction of sp³-hybridized carbons (Fsp3) is 0.438. The Bertz CT molecular complexity index is 653. The molecule has 0 aliphatic heterocycles. The van der Waals surface area contributed by atoms with Gasteiger partial charge in [-0.25, -0.2) is 9.18 Å². The summed E-state index contributed by atoms with van der Waals surface area (Å²) < 4.78 is 13.2. The molecular formula is C16H23FN4O. The SMILES string of the molecule is C[C@H](CN(C)C)NC(=O)N(C)Cc1cc2cc(F)ccc2[nH]1. The molecule has 0 bridgehead atoms. The zero-order valence-electron chi connectivity index (χ0n) is 13.5. The summed E-state index contributed by atoms with van der Waals surface area (Å²) in [5, 5.41) is 3.76. The van der Waals surface area contributed by atoms with E-state index >= 15 is 0 Å². The Balaban J connectivity index is 1.97. The van der Waals surface area contributed by atoms with Gasteiger partial charge < -0.3 is 20.1 Å². The third-order valence-corrected chi connectivity index (χ3v) is 3.40. The van der Waals surface area contributed by atoms with Crippen molar-refractivity contribution >= 4 is 16.9 Å². The number of amides is 2. The number of halogens is 1. The molecule has 0 aliphatic rings. The standard InChI is InChI=1S/C16H23FN4O/c1-11(9-20(2)3)18-16(22)21(4)10-14-8-12-7-13(17)5-6-15(12)19-14/h5-8,11,19H,9-10H2,1-4H3,(H,18,22)/t11-/m1/s1. The van der Waals surface area contributed by atoms with Crippen LogP contribution in [-0.2, 0) is 6.54 Å². The minimum atomic E-state index is -0.262. The van der Waals surface area contributed by atoms with Crippen molar-refractivity contribution in [2.24, 2.45) is 0 Å². The summed E-state index contributed by atoms with van der Waals surface area (Å²) in [7, 11) is 5.68. The third-order valence-electron chi connectivity index (χ3n) is 3.40. The predicted octanol–water partition coefficient (Wildman–Crippen LogP) is 2.40. The maximum absolute atomic E-state index is 13.2. The van der Waals surface area contributed by atoms with E-state index in [4.69, 9.17) is 0 Å². The molecule has 1 aromatic heterocycles. The van der Waals surface area contributed by atoms with Gasteiger partial charge in [-0.3, -0.25) is 0 Å². The number of hydrogen-bond donors (Lipinski definition) is 2. The van der Waals surface area contributed by atoms with Crippen molar-refractivity contribution in [3.63, 3.8) is 0 Å². The van der Waals surface area contributed by atoms with Crippen LogP contribution in [0.5, 0.6) is 0 Å². The first kappa shape index (κ1) is 16.3. The summed E-state index contributed by atoms with van der Waals surface area (Å²) in [6, 6.07) is 6.41. The molecule has 5 nitrogen and oxygen atoms in total. The maximum Gasteiger partial charge on any atom is 0.317 e. The zero-order chi connectivity index (χ0) is 16.3.